The molecule has 0 aliphatic rings. The van der Waals surface area contributed by atoms with Gasteiger partial charge in [-0.15, -0.1) is 10.2 Å². The average molecular weight is 546 g/mol. The third-order valence-corrected chi connectivity index (χ3v) is 6.22. The van der Waals surface area contributed by atoms with Crippen LogP contribution in [0.25, 0.3) is 17.1 Å². The van der Waals surface area contributed by atoms with E-state index in [4.69, 9.17) is 16.3 Å². The summed E-state index contributed by atoms with van der Waals surface area (Å²) in [4.78, 5) is 12.3. The molecule has 12 heteroatoms. The van der Waals surface area contributed by atoms with Gasteiger partial charge in [-0.25, -0.2) is 5.43 Å². The second-order valence-corrected chi connectivity index (χ2v) is 8.93. The fourth-order valence-corrected chi connectivity index (χ4v) is 4.08. The van der Waals surface area contributed by atoms with Crippen molar-refractivity contribution in [2.24, 2.45) is 5.10 Å². The van der Waals surface area contributed by atoms with Crippen LogP contribution in [0.4, 0.5) is 13.2 Å². The first kappa shape index (κ1) is 26.2. The highest BCUT2D eigenvalue weighted by Gasteiger charge is 2.29. The van der Waals surface area contributed by atoms with Gasteiger partial charge in [-0.1, -0.05) is 35.5 Å². The Morgan fingerprint density at radius 1 is 1.05 bits per heavy atom. The molecule has 0 saturated heterocycles. The summed E-state index contributed by atoms with van der Waals surface area (Å²) in [6, 6.07) is 18.9. The molecule has 0 aliphatic heterocycles. The molecule has 0 bridgehead atoms. The minimum atomic E-state index is -4.42. The van der Waals surface area contributed by atoms with E-state index in [1.165, 1.54) is 18.3 Å². The Balaban J connectivity index is 1.46. The van der Waals surface area contributed by atoms with Gasteiger partial charge in [0, 0.05) is 16.3 Å². The zero-order valence-corrected chi connectivity index (χ0v) is 20.8. The smallest absolute Gasteiger partial charge is 0.416 e. The van der Waals surface area contributed by atoms with Gasteiger partial charge < -0.3 is 4.74 Å². The number of carbonyl (C=O) groups is 1. The Hall–Kier alpha value is -3.83. The van der Waals surface area contributed by atoms with E-state index < -0.39 is 17.6 Å². The lowest BCUT2D eigenvalue weighted by Crippen LogP contribution is -2.20. The van der Waals surface area contributed by atoms with Crippen molar-refractivity contribution in [3.63, 3.8) is 0 Å². The summed E-state index contributed by atoms with van der Waals surface area (Å²) in [6.07, 6.45) is -3.15. The summed E-state index contributed by atoms with van der Waals surface area (Å²) in [5.41, 5.74) is 3.56. The molecular formula is C25H19ClF3N5O2S. The van der Waals surface area contributed by atoms with Crippen molar-refractivity contribution in [2.45, 2.75) is 11.3 Å². The summed E-state index contributed by atoms with van der Waals surface area (Å²) >= 11 is 7.20. The highest BCUT2D eigenvalue weighted by atomic mass is 35.5. The number of benzene rings is 3. The quantitative estimate of drug-likeness (QED) is 0.170. The highest BCUT2D eigenvalue weighted by Crippen LogP contribution is 2.30. The molecular weight excluding hydrogens is 527 g/mol. The van der Waals surface area contributed by atoms with Crippen LogP contribution >= 0.6 is 23.4 Å². The number of aromatic nitrogens is 3. The van der Waals surface area contributed by atoms with E-state index in [9.17, 15) is 18.0 Å². The number of ether oxygens (including phenoxy) is 1. The topological polar surface area (TPSA) is 81.4 Å². The molecule has 1 aromatic heterocycles. The summed E-state index contributed by atoms with van der Waals surface area (Å²) in [6.45, 7) is 0. The Kier molecular flexibility index (Phi) is 8.14. The lowest BCUT2D eigenvalue weighted by atomic mass is 10.1. The molecule has 4 rings (SSSR count). The second-order valence-electron chi connectivity index (χ2n) is 7.55. The number of carbonyl (C=O) groups excluding carboxylic acids is 1. The van der Waals surface area contributed by atoms with E-state index in [1.807, 2.05) is 41.0 Å². The van der Waals surface area contributed by atoms with Gasteiger partial charge >= 0.3 is 6.18 Å². The number of hydrazone groups is 1. The standard InChI is InChI=1S/C25H19ClF3N5O2S/c1-36-21-12-4-17(5-13-21)23-32-33-24(34(23)20-10-8-19(26)9-11-20)37-15-22(35)31-30-14-16-2-6-18(7-3-16)25(27,28)29/h2-14H,15H2,1H3,(H,31,35)/b30-14+. The Labute approximate surface area is 219 Å². The molecule has 3 aromatic carbocycles. The van der Waals surface area contributed by atoms with Crippen molar-refractivity contribution in [3.8, 4) is 22.8 Å². The maximum absolute atomic E-state index is 12.7. The van der Waals surface area contributed by atoms with Gasteiger partial charge in [0.1, 0.15) is 5.75 Å². The highest BCUT2D eigenvalue weighted by molar-refractivity contribution is 7.99. The fraction of sp³-hybridized carbons (Fsp3) is 0.120. The van der Waals surface area contributed by atoms with E-state index in [0.29, 0.717) is 27.3 Å². The van der Waals surface area contributed by atoms with E-state index in [-0.39, 0.29) is 5.75 Å². The van der Waals surface area contributed by atoms with E-state index >= 15 is 0 Å². The van der Waals surface area contributed by atoms with Crippen LogP contribution < -0.4 is 10.2 Å². The summed E-state index contributed by atoms with van der Waals surface area (Å²) in [5, 5.41) is 13.4. The molecule has 0 aliphatic carbocycles. The van der Waals surface area contributed by atoms with Gasteiger partial charge in [0.2, 0.25) is 0 Å². The molecule has 7 nitrogen and oxygen atoms in total. The average Bonchev–Trinajstić information content (AvgIpc) is 3.31. The van der Waals surface area contributed by atoms with Gasteiger partial charge in [-0.05, 0) is 66.2 Å². The van der Waals surface area contributed by atoms with Gasteiger partial charge in [-0.3, -0.25) is 9.36 Å². The maximum Gasteiger partial charge on any atom is 0.416 e. The maximum atomic E-state index is 12.7. The molecule has 1 N–H and O–H groups in total. The Morgan fingerprint density at radius 3 is 2.35 bits per heavy atom. The van der Waals surface area contributed by atoms with Crippen LogP contribution in [0.1, 0.15) is 11.1 Å². The molecule has 1 amide bonds. The molecule has 0 radical (unpaired) electrons. The first-order chi connectivity index (χ1) is 17.7. The van der Waals surface area contributed by atoms with Gasteiger partial charge in [0.15, 0.2) is 11.0 Å². The number of halogens is 4. The number of hydrogen-bond acceptors (Lipinski definition) is 6. The minimum Gasteiger partial charge on any atom is -0.497 e. The number of thioether (sulfide) groups is 1. The number of methoxy groups -OCH3 is 1. The number of rotatable bonds is 8. The van der Waals surface area contributed by atoms with Gasteiger partial charge in [0.05, 0.1) is 24.6 Å². The molecule has 4 aromatic rings. The Bertz CT molecular complexity index is 1390. The third kappa shape index (κ3) is 6.69. The van der Waals surface area contributed by atoms with Crippen LogP contribution in [0, 0.1) is 0 Å². The zero-order chi connectivity index (χ0) is 26.4. The van der Waals surface area contributed by atoms with Gasteiger partial charge in [-0.2, -0.15) is 18.3 Å². The summed E-state index contributed by atoms with van der Waals surface area (Å²) in [7, 11) is 1.58. The van der Waals surface area contributed by atoms with E-state index in [1.54, 1.807) is 19.2 Å². The van der Waals surface area contributed by atoms with Crippen LogP contribution in [-0.4, -0.2) is 39.7 Å². The van der Waals surface area contributed by atoms with Crippen molar-refractivity contribution in [2.75, 3.05) is 12.9 Å². The number of hydrogen-bond donors (Lipinski definition) is 1. The molecule has 37 heavy (non-hydrogen) atoms. The monoisotopic (exact) mass is 545 g/mol. The van der Waals surface area contributed by atoms with Crippen LogP contribution in [-0.2, 0) is 11.0 Å². The van der Waals surface area contributed by atoms with Crippen LogP contribution in [0.3, 0.4) is 0 Å². The molecule has 0 fully saturated rings. The number of nitrogens with zero attached hydrogens (tertiary/aromatic N) is 4. The lowest BCUT2D eigenvalue weighted by Gasteiger charge is -2.11. The first-order valence-corrected chi connectivity index (χ1v) is 12.1. The third-order valence-electron chi connectivity index (χ3n) is 5.04. The number of alkyl halides is 3. The number of nitrogens with one attached hydrogen (secondary N) is 1. The summed E-state index contributed by atoms with van der Waals surface area (Å²) in [5.74, 6) is 0.807. The van der Waals surface area contributed by atoms with Crippen molar-refractivity contribution in [1.29, 1.82) is 0 Å². The fourth-order valence-electron chi connectivity index (χ4n) is 3.21. The SMILES string of the molecule is COc1ccc(-c2nnc(SCC(=O)N/N=C/c3ccc(C(F)(F)F)cc3)n2-c2ccc(Cl)cc2)cc1. The van der Waals surface area contributed by atoms with Crippen LogP contribution in [0.2, 0.25) is 5.02 Å². The lowest BCUT2D eigenvalue weighted by molar-refractivity contribution is -0.137. The van der Waals surface area contributed by atoms with Crippen molar-refractivity contribution in [1.82, 2.24) is 20.2 Å². The van der Waals surface area contributed by atoms with Crippen molar-refractivity contribution in [3.05, 3.63) is 88.9 Å². The predicted octanol–water partition coefficient (Wildman–Crippen LogP) is 5.86. The zero-order valence-electron chi connectivity index (χ0n) is 19.2. The van der Waals surface area contributed by atoms with Crippen molar-refractivity contribution >= 4 is 35.5 Å². The number of amides is 1. The van der Waals surface area contributed by atoms with Gasteiger partial charge in [0.25, 0.3) is 5.91 Å². The molecule has 1 heterocycles. The predicted molar refractivity (Wildman–Crippen MR) is 136 cm³/mol. The molecule has 190 valence electrons. The van der Waals surface area contributed by atoms with Crippen molar-refractivity contribution < 1.29 is 22.7 Å². The Morgan fingerprint density at radius 2 is 1.73 bits per heavy atom. The molecule has 0 unspecified atom stereocenters. The molecule has 0 spiro atoms. The first-order valence-electron chi connectivity index (χ1n) is 10.7. The largest absolute Gasteiger partial charge is 0.497 e. The van der Waals surface area contributed by atoms with E-state index in [2.05, 4.69) is 20.7 Å². The molecule has 0 saturated carbocycles. The normalized spacial score (nSPS) is 11.6. The van der Waals surface area contributed by atoms with Crippen LogP contribution in [0.5, 0.6) is 5.75 Å². The minimum absolute atomic E-state index is 0.0291. The summed E-state index contributed by atoms with van der Waals surface area (Å²) < 4.78 is 45.0. The molecule has 0 atom stereocenters. The van der Waals surface area contributed by atoms with E-state index in [0.717, 1.165) is 35.1 Å². The second kappa shape index (κ2) is 11.5. The van der Waals surface area contributed by atoms with Crippen LogP contribution in [0.15, 0.2) is 83.1 Å².